The maximum atomic E-state index is 12.5. The van der Waals surface area contributed by atoms with Crippen LogP contribution in [0.1, 0.15) is 51.6 Å². The molecule has 0 atom stereocenters. The van der Waals surface area contributed by atoms with Gasteiger partial charge >= 0.3 is 6.18 Å². The van der Waals surface area contributed by atoms with Crippen molar-refractivity contribution in [2.24, 2.45) is 0 Å². The van der Waals surface area contributed by atoms with Crippen LogP contribution in [0.5, 0.6) is 5.75 Å². The standard InChI is InChI=1S/C30H31F3N2O3/c1-21(36)22-4-6-23(7-5-22)24-8-10-26(11-9-24)29(37)34-15-2-3-16-35-17-14-25-12-13-28(18-27(25)19-35)38-20-30(31,32)33/h4-13,18H,2-3,14-17,19-20H2,1H3,(H,34,37). The Bertz CT molecular complexity index is 1260. The highest BCUT2D eigenvalue weighted by Gasteiger charge is 2.28. The number of rotatable bonds is 10. The molecule has 1 aliphatic heterocycles. The summed E-state index contributed by atoms with van der Waals surface area (Å²) in [7, 11) is 0. The fraction of sp³-hybridized carbons (Fsp3) is 0.333. The number of ketones is 1. The lowest BCUT2D eigenvalue weighted by Crippen LogP contribution is -2.32. The van der Waals surface area contributed by atoms with Crippen molar-refractivity contribution >= 4 is 11.7 Å². The fourth-order valence-electron chi connectivity index (χ4n) is 4.51. The largest absolute Gasteiger partial charge is 0.484 e. The number of carbonyl (C=O) groups excluding carboxylic acids is 2. The summed E-state index contributed by atoms with van der Waals surface area (Å²) in [5.74, 6) is 0.142. The summed E-state index contributed by atoms with van der Waals surface area (Å²) in [6.45, 7) is 3.23. The molecule has 0 aromatic heterocycles. The van der Waals surface area contributed by atoms with E-state index in [0.717, 1.165) is 54.6 Å². The predicted molar refractivity (Wildman–Crippen MR) is 140 cm³/mol. The van der Waals surface area contributed by atoms with Gasteiger partial charge in [-0.25, -0.2) is 0 Å². The molecule has 0 saturated carbocycles. The second-order valence-corrected chi connectivity index (χ2v) is 9.53. The molecule has 0 radical (unpaired) electrons. The minimum absolute atomic E-state index is 0.0248. The Balaban J connectivity index is 1.18. The minimum Gasteiger partial charge on any atom is -0.484 e. The number of Topliss-reactive ketones (excluding diaryl/α,β-unsaturated/α-hetero) is 1. The number of hydrogen-bond acceptors (Lipinski definition) is 4. The fourth-order valence-corrected chi connectivity index (χ4v) is 4.51. The summed E-state index contributed by atoms with van der Waals surface area (Å²) in [6, 6.07) is 19.9. The molecule has 3 aromatic carbocycles. The van der Waals surface area contributed by atoms with E-state index in [1.807, 2.05) is 30.3 Å². The molecule has 0 bridgehead atoms. The van der Waals surface area contributed by atoms with Crippen LogP contribution < -0.4 is 10.1 Å². The zero-order chi connectivity index (χ0) is 27.1. The number of ether oxygens (including phenoxy) is 1. The number of nitrogens with one attached hydrogen (secondary N) is 1. The molecule has 8 heteroatoms. The molecule has 0 saturated heterocycles. The normalized spacial score (nSPS) is 13.6. The zero-order valence-corrected chi connectivity index (χ0v) is 21.3. The average Bonchev–Trinajstić information content (AvgIpc) is 2.91. The van der Waals surface area contributed by atoms with Crippen LogP contribution in [0, 0.1) is 0 Å². The molecule has 1 N–H and O–H groups in total. The van der Waals surface area contributed by atoms with Gasteiger partial charge in [-0.05, 0) is 79.3 Å². The van der Waals surface area contributed by atoms with Crippen molar-refractivity contribution < 1.29 is 27.5 Å². The zero-order valence-electron chi connectivity index (χ0n) is 21.3. The van der Waals surface area contributed by atoms with Gasteiger partial charge in [0.15, 0.2) is 12.4 Å². The van der Waals surface area contributed by atoms with Gasteiger partial charge in [0, 0.05) is 30.8 Å². The van der Waals surface area contributed by atoms with Gasteiger partial charge in [-0.1, -0.05) is 42.5 Å². The predicted octanol–water partition coefficient (Wildman–Crippen LogP) is 6.07. The number of hydrogen-bond donors (Lipinski definition) is 1. The molecule has 0 spiro atoms. The molecule has 0 fully saturated rings. The topological polar surface area (TPSA) is 58.6 Å². The van der Waals surface area contributed by atoms with Crippen LogP contribution in [0.4, 0.5) is 13.2 Å². The number of amides is 1. The summed E-state index contributed by atoms with van der Waals surface area (Å²) in [4.78, 5) is 26.2. The number of fused-ring (bicyclic) bond motifs is 1. The average molecular weight is 525 g/mol. The van der Waals surface area contributed by atoms with Gasteiger partial charge in [0.25, 0.3) is 5.91 Å². The maximum Gasteiger partial charge on any atom is 0.422 e. The number of alkyl halides is 3. The van der Waals surface area contributed by atoms with Gasteiger partial charge in [0.05, 0.1) is 0 Å². The molecule has 4 rings (SSSR count). The van der Waals surface area contributed by atoms with E-state index in [-0.39, 0.29) is 17.4 Å². The highest BCUT2D eigenvalue weighted by molar-refractivity contribution is 5.95. The Hall–Kier alpha value is -3.65. The molecule has 38 heavy (non-hydrogen) atoms. The highest BCUT2D eigenvalue weighted by atomic mass is 19.4. The first-order valence-electron chi connectivity index (χ1n) is 12.7. The molecule has 3 aromatic rings. The number of nitrogens with zero attached hydrogens (tertiary/aromatic N) is 1. The van der Waals surface area contributed by atoms with Crippen molar-refractivity contribution in [2.45, 2.75) is 38.9 Å². The van der Waals surface area contributed by atoms with Gasteiger partial charge in [0.1, 0.15) is 5.75 Å². The second-order valence-electron chi connectivity index (χ2n) is 9.53. The van der Waals surface area contributed by atoms with Crippen LogP contribution in [0.15, 0.2) is 66.7 Å². The van der Waals surface area contributed by atoms with Crippen LogP contribution in [0.2, 0.25) is 0 Å². The Morgan fingerprint density at radius 1 is 0.895 bits per heavy atom. The van der Waals surface area contributed by atoms with Gasteiger partial charge in [0.2, 0.25) is 0 Å². The lowest BCUT2D eigenvalue weighted by Gasteiger charge is -2.29. The Morgan fingerprint density at radius 2 is 1.55 bits per heavy atom. The van der Waals surface area contributed by atoms with Crippen molar-refractivity contribution in [3.05, 3.63) is 89.0 Å². The van der Waals surface area contributed by atoms with Crippen LogP contribution >= 0.6 is 0 Å². The van der Waals surface area contributed by atoms with Gasteiger partial charge in [-0.15, -0.1) is 0 Å². The lowest BCUT2D eigenvalue weighted by molar-refractivity contribution is -0.153. The molecule has 0 aliphatic carbocycles. The SMILES string of the molecule is CC(=O)c1ccc(-c2ccc(C(=O)NCCCCN3CCc4ccc(OCC(F)(F)F)cc4C3)cc2)cc1. The Labute approximate surface area is 220 Å². The Kier molecular flexibility index (Phi) is 8.84. The molecule has 1 amide bonds. The number of benzene rings is 3. The summed E-state index contributed by atoms with van der Waals surface area (Å²) in [5.41, 5.74) is 5.35. The van der Waals surface area contributed by atoms with Crippen molar-refractivity contribution in [2.75, 3.05) is 26.2 Å². The van der Waals surface area contributed by atoms with Gasteiger partial charge in [-0.3, -0.25) is 14.5 Å². The smallest absolute Gasteiger partial charge is 0.422 e. The van der Waals surface area contributed by atoms with Crippen LogP contribution in [0.25, 0.3) is 11.1 Å². The van der Waals surface area contributed by atoms with Crippen molar-refractivity contribution in [3.8, 4) is 16.9 Å². The van der Waals surface area contributed by atoms with Gasteiger partial charge in [-0.2, -0.15) is 13.2 Å². The van der Waals surface area contributed by atoms with E-state index in [1.54, 1.807) is 36.4 Å². The maximum absolute atomic E-state index is 12.5. The van der Waals surface area contributed by atoms with Crippen LogP contribution in [-0.4, -0.2) is 49.0 Å². The summed E-state index contributed by atoms with van der Waals surface area (Å²) < 4.78 is 42.2. The highest BCUT2D eigenvalue weighted by Crippen LogP contribution is 2.26. The first kappa shape index (κ1) is 27.4. The molecule has 1 aliphatic rings. The number of unbranched alkanes of at least 4 members (excludes halogenated alkanes) is 1. The molecule has 200 valence electrons. The lowest BCUT2D eigenvalue weighted by atomic mass is 9.99. The van der Waals surface area contributed by atoms with E-state index in [9.17, 15) is 22.8 Å². The van der Waals surface area contributed by atoms with Crippen LogP contribution in [-0.2, 0) is 13.0 Å². The third-order valence-corrected chi connectivity index (χ3v) is 6.63. The van der Waals surface area contributed by atoms with E-state index < -0.39 is 12.8 Å². The van der Waals surface area contributed by atoms with E-state index in [1.165, 1.54) is 6.92 Å². The Morgan fingerprint density at radius 3 is 2.18 bits per heavy atom. The van der Waals surface area contributed by atoms with Crippen LogP contribution in [0.3, 0.4) is 0 Å². The third kappa shape index (κ3) is 7.68. The molecular weight excluding hydrogens is 493 g/mol. The van der Waals surface area contributed by atoms with Crippen molar-refractivity contribution in [1.29, 1.82) is 0 Å². The first-order chi connectivity index (χ1) is 18.2. The molecule has 1 heterocycles. The van der Waals surface area contributed by atoms with E-state index >= 15 is 0 Å². The third-order valence-electron chi connectivity index (χ3n) is 6.63. The van der Waals surface area contributed by atoms with Crippen molar-refractivity contribution in [1.82, 2.24) is 10.2 Å². The molecular formula is C30H31F3N2O3. The number of halogens is 3. The second kappa shape index (κ2) is 12.3. The summed E-state index contributed by atoms with van der Waals surface area (Å²) in [6.07, 6.45) is -1.78. The van der Waals surface area contributed by atoms with Crippen molar-refractivity contribution in [3.63, 3.8) is 0 Å². The monoisotopic (exact) mass is 524 g/mol. The van der Waals surface area contributed by atoms with E-state index in [0.29, 0.717) is 24.2 Å². The molecule has 5 nitrogen and oxygen atoms in total. The van der Waals surface area contributed by atoms with E-state index in [4.69, 9.17) is 4.74 Å². The molecule has 0 unspecified atom stereocenters. The summed E-state index contributed by atoms with van der Waals surface area (Å²) in [5, 5.41) is 2.96. The quantitative estimate of drug-likeness (QED) is 0.259. The van der Waals surface area contributed by atoms with Gasteiger partial charge < -0.3 is 10.1 Å². The first-order valence-corrected chi connectivity index (χ1v) is 12.7. The minimum atomic E-state index is -4.36. The van der Waals surface area contributed by atoms with E-state index in [2.05, 4.69) is 10.2 Å². The summed E-state index contributed by atoms with van der Waals surface area (Å²) >= 11 is 0. The number of carbonyl (C=O) groups is 2.